The maximum atomic E-state index is 11.8. The SMILES string of the molecule is CCCN(C)C(=O)C(CC)C(C)C. The molecular weight excluding hydrogens is 162 g/mol. The van der Waals surface area contributed by atoms with Gasteiger partial charge in [0.1, 0.15) is 0 Å². The molecule has 0 aromatic rings. The quantitative estimate of drug-likeness (QED) is 0.644. The van der Waals surface area contributed by atoms with Crippen LogP contribution in [0.25, 0.3) is 0 Å². The maximum absolute atomic E-state index is 11.8. The molecule has 0 fully saturated rings. The van der Waals surface area contributed by atoms with E-state index in [1.807, 2.05) is 11.9 Å². The summed E-state index contributed by atoms with van der Waals surface area (Å²) in [5.41, 5.74) is 0. The fourth-order valence-corrected chi connectivity index (χ4v) is 1.66. The van der Waals surface area contributed by atoms with Crippen LogP contribution < -0.4 is 0 Å². The molecule has 0 spiro atoms. The fraction of sp³-hybridized carbons (Fsp3) is 0.909. The second kappa shape index (κ2) is 6.01. The maximum Gasteiger partial charge on any atom is 0.225 e. The molecule has 0 aromatic carbocycles. The molecule has 0 aromatic heterocycles. The van der Waals surface area contributed by atoms with Crippen molar-refractivity contribution < 1.29 is 4.79 Å². The lowest BCUT2D eigenvalue weighted by atomic mass is 9.92. The monoisotopic (exact) mass is 185 g/mol. The minimum Gasteiger partial charge on any atom is -0.346 e. The number of carbonyl (C=O) groups excluding carboxylic acids is 1. The van der Waals surface area contributed by atoms with Crippen molar-refractivity contribution in [1.29, 1.82) is 0 Å². The number of rotatable bonds is 5. The van der Waals surface area contributed by atoms with Crippen molar-refractivity contribution in [2.75, 3.05) is 13.6 Å². The first-order valence-electron chi connectivity index (χ1n) is 5.29. The minimum atomic E-state index is 0.205. The number of hydrogen-bond donors (Lipinski definition) is 0. The van der Waals surface area contributed by atoms with Crippen LogP contribution in [-0.4, -0.2) is 24.4 Å². The van der Waals surface area contributed by atoms with Gasteiger partial charge in [-0.15, -0.1) is 0 Å². The summed E-state index contributed by atoms with van der Waals surface area (Å²) in [6.45, 7) is 9.29. The van der Waals surface area contributed by atoms with Crippen LogP contribution in [-0.2, 0) is 4.79 Å². The lowest BCUT2D eigenvalue weighted by Crippen LogP contribution is -2.35. The summed E-state index contributed by atoms with van der Waals surface area (Å²) in [4.78, 5) is 13.7. The highest BCUT2D eigenvalue weighted by atomic mass is 16.2. The molecule has 2 heteroatoms. The third-order valence-electron chi connectivity index (χ3n) is 2.50. The second-order valence-corrected chi connectivity index (χ2v) is 4.02. The molecule has 0 saturated heterocycles. The summed E-state index contributed by atoms with van der Waals surface area (Å²) in [5.74, 6) is 0.965. The Morgan fingerprint density at radius 3 is 2.15 bits per heavy atom. The first-order chi connectivity index (χ1) is 6.04. The van der Waals surface area contributed by atoms with E-state index in [2.05, 4.69) is 27.7 Å². The van der Waals surface area contributed by atoms with Gasteiger partial charge in [0.2, 0.25) is 5.91 Å². The molecule has 0 rings (SSSR count). The van der Waals surface area contributed by atoms with Gasteiger partial charge in [-0.2, -0.15) is 0 Å². The van der Waals surface area contributed by atoms with Gasteiger partial charge in [-0.1, -0.05) is 27.7 Å². The van der Waals surface area contributed by atoms with Crippen LogP contribution in [0, 0.1) is 11.8 Å². The second-order valence-electron chi connectivity index (χ2n) is 4.02. The van der Waals surface area contributed by atoms with Crippen LogP contribution in [0.5, 0.6) is 0 Å². The Bertz CT molecular complexity index is 154. The molecule has 0 aliphatic rings. The first-order valence-corrected chi connectivity index (χ1v) is 5.29. The van der Waals surface area contributed by atoms with E-state index in [1.165, 1.54) is 0 Å². The van der Waals surface area contributed by atoms with Crippen molar-refractivity contribution >= 4 is 5.91 Å². The van der Waals surface area contributed by atoms with E-state index in [-0.39, 0.29) is 5.92 Å². The Labute approximate surface area is 82.3 Å². The number of hydrogen-bond acceptors (Lipinski definition) is 1. The van der Waals surface area contributed by atoms with Crippen LogP contribution >= 0.6 is 0 Å². The van der Waals surface area contributed by atoms with Crippen LogP contribution in [0.4, 0.5) is 0 Å². The van der Waals surface area contributed by atoms with Crippen molar-refractivity contribution in [2.45, 2.75) is 40.5 Å². The van der Waals surface area contributed by atoms with Gasteiger partial charge in [0.25, 0.3) is 0 Å². The smallest absolute Gasteiger partial charge is 0.225 e. The van der Waals surface area contributed by atoms with Crippen molar-refractivity contribution in [1.82, 2.24) is 4.90 Å². The average Bonchev–Trinajstić information content (AvgIpc) is 2.05. The summed E-state index contributed by atoms with van der Waals surface area (Å²) in [5, 5.41) is 0. The summed E-state index contributed by atoms with van der Waals surface area (Å²) < 4.78 is 0. The summed E-state index contributed by atoms with van der Waals surface area (Å²) in [6.07, 6.45) is 1.99. The molecule has 78 valence electrons. The molecule has 2 nitrogen and oxygen atoms in total. The van der Waals surface area contributed by atoms with E-state index in [1.54, 1.807) is 0 Å². The molecular formula is C11H23NO. The first kappa shape index (κ1) is 12.5. The molecule has 0 aliphatic heterocycles. The van der Waals surface area contributed by atoms with Crippen molar-refractivity contribution in [3.8, 4) is 0 Å². The van der Waals surface area contributed by atoms with Gasteiger partial charge in [0.05, 0.1) is 0 Å². The zero-order chi connectivity index (χ0) is 10.4. The highest BCUT2D eigenvalue weighted by Crippen LogP contribution is 2.17. The number of amides is 1. The Balaban J connectivity index is 4.19. The van der Waals surface area contributed by atoms with E-state index in [9.17, 15) is 4.79 Å². The van der Waals surface area contributed by atoms with Crippen LogP contribution in [0.3, 0.4) is 0 Å². The Hall–Kier alpha value is -0.530. The molecule has 1 amide bonds. The predicted octanol–water partition coefficient (Wildman–Crippen LogP) is 2.54. The normalized spacial score (nSPS) is 13.1. The van der Waals surface area contributed by atoms with Gasteiger partial charge in [0.15, 0.2) is 0 Å². The van der Waals surface area contributed by atoms with Crippen LogP contribution in [0.1, 0.15) is 40.5 Å². The predicted molar refractivity (Wildman–Crippen MR) is 56.5 cm³/mol. The van der Waals surface area contributed by atoms with Gasteiger partial charge in [0, 0.05) is 19.5 Å². The Kier molecular flexibility index (Phi) is 5.76. The van der Waals surface area contributed by atoms with Crippen molar-refractivity contribution in [2.24, 2.45) is 11.8 Å². The third kappa shape index (κ3) is 3.79. The molecule has 0 saturated carbocycles. The van der Waals surface area contributed by atoms with E-state index < -0.39 is 0 Å². The highest BCUT2D eigenvalue weighted by molar-refractivity contribution is 5.78. The average molecular weight is 185 g/mol. The lowest BCUT2D eigenvalue weighted by molar-refractivity contribution is -0.135. The molecule has 0 aliphatic carbocycles. The topological polar surface area (TPSA) is 20.3 Å². The van der Waals surface area contributed by atoms with Crippen molar-refractivity contribution in [3.05, 3.63) is 0 Å². The van der Waals surface area contributed by atoms with E-state index in [0.717, 1.165) is 19.4 Å². The third-order valence-corrected chi connectivity index (χ3v) is 2.50. The van der Waals surface area contributed by atoms with Crippen LogP contribution in [0.15, 0.2) is 0 Å². The van der Waals surface area contributed by atoms with Gasteiger partial charge in [-0.05, 0) is 18.8 Å². The number of carbonyl (C=O) groups is 1. The van der Waals surface area contributed by atoms with E-state index in [4.69, 9.17) is 0 Å². The molecule has 0 bridgehead atoms. The molecule has 1 atom stereocenters. The standard InChI is InChI=1S/C11H23NO/c1-6-8-12(5)11(13)10(7-2)9(3)4/h9-10H,6-8H2,1-5H3. The summed E-state index contributed by atoms with van der Waals surface area (Å²) in [7, 11) is 1.90. The number of nitrogens with zero attached hydrogens (tertiary/aromatic N) is 1. The fourth-order valence-electron chi connectivity index (χ4n) is 1.66. The lowest BCUT2D eigenvalue weighted by Gasteiger charge is -2.24. The van der Waals surface area contributed by atoms with Gasteiger partial charge in [-0.25, -0.2) is 0 Å². The largest absolute Gasteiger partial charge is 0.346 e. The van der Waals surface area contributed by atoms with Gasteiger partial charge in [-0.3, -0.25) is 4.79 Å². The Morgan fingerprint density at radius 2 is 1.85 bits per heavy atom. The van der Waals surface area contributed by atoms with E-state index in [0.29, 0.717) is 11.8 Å². The molecule has 13 heavy (non-hydrogen) atoms. The van der Waals surface area contributed by atoms with Crippen molar-refractivity contribution in [3.63, 3.8) is 0 Å². The summed E-state index contributed by atoms with van der Waals surface area (Å²) >= 11 is 0. The van der Waals surface area contributed by atoms with E-state index >= 15 is 0 Å². The molecule has 1 unspecified atom stereocenters. The molecule has 0 heterocycles. The minimum absolute atomic E-state index is 0.205. The molecule has 0 radical (unpaired) electrons. The zero-order valence-electron chi connectivity index (χ0n) is 9.63. The van der Waals surface area contributed by atoms with Gasteiger partial charge < -0.3 is 4.90 Å². The zero-order valence-corrected chi connectivity index (χ0v) is 9.63. The molecule has 0 N–H and O–H groups in total. The van der Waals surface area contributed by atoms with Crippen LogP contribution in [0.2, 0.25) is 0 Å². The van der Waals surface area contributed by atoms with Gasteiger partial charge >= 0.3 is 0 Å². The Morgan fingerprint density at radius 1 is 1.31 bits per heavy atom. The summed E-state index contributed by atoms with van der Waals surface area (Å²) in [6, 6.07) is 0. The highest BCUT2D eigenvalue weighted by Gasteiger charge is 2.22.